The number of ether oxygens (including phenoxy) is 6. The molecule has 26 heavy (non-hydrogen) atoms. The number of hydrogen-bond acceptors (Lipinski definition) is 10. The molecular formula is C15H32ClNO9. The van der Waals surface area contributed by atoms with Crippen molar-refractivity contribution in [2.75, 3.05) is 49.2 Å². The van der Waals surface area contributed by atoms with Gasteiger partial charge in [0.1, 0.15) is 0 Å². The van der Waals surface area contributed by atoms with Crippen LogP contribution in [0.25, 0.3) is 0 Å². The fourth-order valence-electron chi connectivity index (χ4n) is 1.14. The van der Waals surface area contributed by atoms with Crippen LogP contribution < -0.4 is 5.73 Å². The van der Waals surface area contributed by atoms with E-state index in [0.717, 1.165) is 6.42 Å². The van der Waals surface area contributed by atoms with Crippen LogP contribution in [0.2, 0.25) is 0 Å². The Labute approximate surface area is 161 Å². The summed E-state index contributed by atoms with van der Waals surface area (Å²) in [6, 6.07) is 0. The van der Waals surface area contributed by atoms with Gasteiger partial charge < -0.3 is 34.2 Å². The molecule has 0 aliphatic rings. The van der Waals surface area contributed by atoms with E-state index in [4.69, 9.17) is 15.2 Å². The Balaban J connectivity index is -0.000000149. The molecule has 2 N–H and O–H groups in total. The lowest BCUT2D eigenvalue weighted by Crippen LogP contribution is -2.14. The topological polar surface area (TPSA) is 133 Å². The predicted octanol–water partition coefficient (Wildman–Crippen LogP) is 0.293. The van der Waals surface area contributed by atoms with Crippen molar-refractivity contribution in [3.63, 3.8) is 0 Å². The molecule has 0 rings (SSSR count). The third kappa shape index (κ3) is 24.9. The molecule has 0 aliphatic heterocycles. The molecular weight excluding hydrogens is 374 g/mol. The van der Waals surface area contributed by atoms with E-state index in [1.807, 2.05) is 0 Å². The molecule has 10 nitrogen and oxygen atoms in total. The van der Waals surface area contributed by atoms with Crippen LogP contribution in [-0.4, -0.2) is 80.0 Å². The van der Waals surface area contributed by atoms with Crippen molar-refractivity contribution in [3.05, 3.63) is 0 Å². The third-order valence-electron chi connectivity index (χ3n) is 2.54. The smallest absolute Gasteiger partial charge is 0.319 e. The van der Waals surface area contributed by atoms with Crippen LogP contribution in [0.15, 0.2) is 0 Å². The van der Waals surface area contributed by atoms with Gasteiger partial charge in [0.2, 0.25) is 6.29 Å². The molecule has 0 aliphatic carbocycles. The van der Waals surface area contributed by atoms with Gasteiger partial charge in [-0.3, -0.25) is 14.4 Å². The first-order valence-electron chi connectivity index (χ1n) is 7.30. The summed E-state index contributed by atoms with van der Waals surface area (Å²) < 4.78 is 27.4. The minimum Gasteiger partial charge on any atom is -0.469 e. The average molecular weight is 406 g/mol. The fraction of sp³-hybridized carbons (Fsp3) is 0.800. The van der Waals surface area contributed by atoms with E-state index in [2.05, 4.69) is 18.9 Å². The van der Waals surface area contributed by atoms with E-state index >= 15 is 0 Å². The molecule has 0 amide bonds. The molecule has 0 atom stereocenters. The van der Waals surface area contributed by atoms with Crippen LogP contribution in [-0.2, 0) is 42.8 Å². The van der Waals surface area contributed by atoms with Crippen molar-refractivity contribution in [1.29, 1.82) is 0 Å². The maximum atomic E-state index is 10.7. The van der Waals surface area contributed by atoms with E-state index < -0.39 is 6.29 Å². The number of hydrogen-bond donors (Lipinski definition) is 1. The third-order valence-corrected chi connectivity index (χ3v) is 2.54. The van der Waals surface area contributed by atoms with Gasteiger partial charge in [0.25, 0.3) is 0 Å². The Hall–Kier alpha value is -1.30. The standard InChI is InChI=1S/C8H16O4.C4H8O3.C3H7NO2.ClH/c1-10-7(9)5-4-6-8(11-2)12-3;1-6-4(3-5)7-2;1-6-3(5)2-4;/h8H,4-6H2,1-3H3;3-4H,1-2H3;2,4H2,1H3;1H. The average Bonchev–Trinajstić information content (AvgIpc) is 2.66. The van der Waals surface area contributed by atoms with Gasteiger partial charge in [0.15, 0.2) is 12.6 Å². The number of carbonyl (C=O) groups excluding carboxylic acids is 3. The summed E-state index contributed by atoms with van der Waals surface area (Å²) in [5, 5.41) is 0. The van der Waals surface area contributed by atoms with Crippen LogP contribution in [0.3, 0.4) is 0 Å². The first-order chi connectivity index (χ1) is 11.9. The lowest BCUT2D eigenvalue weighted by molar-refractivity contribution is -0.143. The van der Waals surface area contributed by atoms with Crippen LogP contribution in [0, 0.1) is 0 Å². The number of esters is 2. The van der Waals surface area contributed by atoms with Gasteiger partial charge in [-0.05, 0) is 12.8 Å². The van der Waals surface area contributed by atoms with E-state index in [9.17, 15) is 14.4 Å². The molecule has 0 fully saturated rings. The van der Waals surface area contributed by atoms with E-state index in [0.29, 0.717) is 19.1 Å². The molecule has 158 valence electrons. The normalized spacial score (nSPS) is 9.12. The molecule has 0 aromatic heterocycles. The molecule has 0 aromatic rings. The van der Waals surface area contributed by atoms with Gasteiger partial charge in [-0.1, -0.05) is 0 Å². The SMILES string of the molecule is COC(=O)CCCC(OC)OC.COC(=O)CN.COC(C=O)OC.Cl. The summed E-state index contributed by atoms with van der Waals surface area (Å²) >= 11 is 0. The molecule has 0 saturated heterocycles. The second kappa shape index (κ2) is 25.9. The van der Waals surface area contributed by atoms with Crippen molar-refractivity contribution < 1.29 is 42.8 Å². The number of aldehydes is 1. The lowest BCUT2D eigenvalue weighted by atomic mass is 10.2. The molecule has 11 heteroatoms. The highest BCUT2D eigenvalue weighted by molar-refractivity contribution is 5.85. The predicted molar refractivity (Wildman–Crippen MR) is 95.9 cm³/mol. The fourth-order valence-corrected chi connectivity index (χ4v) is 1.14. The molecule has 0 spiro atoms. The highest BCUT2D eigenvalue weighted by Gasteiger charge is 2.06. The quantitative estimate of drug-likeness (QED) is 0.307. The van der Waals surface area contributed by atoms with Gasteiger partial charge in [0.05, 0.1) is 20.8 Å². The Morgan fingerprint density at radius 3 is 1.54 bits per heavy atom. The zero-order chi connectivity index (χ0) is 20.1. The lowest BCUT2D eigenvalue weighted by Gasteiger charge is -2.11. The van der Waals surface area contributed by atoms with Crippen molar-refractivity contribution in [2.45, 2.75) is 31.8 Å². The highest BCUT2D eigenvalue weighted by atomic mass is 35.5. The second-order valence-electron chi connectivity index (χ2n) is 4.13. The summed E-state index contributed by atoms with van der Waals surface area (Å²) in [6.45, 7) is -0.0312. The van der Waals surface area contributed by atoms with Crippen molar-refractivity contribution in [1.82, 2.24) is 0 Å². The molecule has 0 radical (unpaired) electrons. The summed E-state index contributed by atoms with van der Waals surface area (Å²) in [5.74, 6) is -0.573. The van der Waals surface area contributed by atoms with Gasteiger partial charge >= 0.3 is 11.9 Å². The Kier molecular flexibility index (Phi) is 32.3. The number of halogens is 1. The molecule has 0 unspecified atom stereocenters. The first-order valence-corrected chi connectivity index (χ1v) is 7.30. The minimum atomic E-state index is -0.694. The number of carbonyl (C=O) groups is 3. The maximum absolute atomic E-state index is 10.7. The molecule has 0 saturated carbocycles. The largest absolute Gasteiger partial charge is 0.469 e. The first kappa shape index (κ1) is 32.4. The van der Waals surface area contributed by atoms with E-state index in [1.165, 1.54) is 28.4 Å². The van der Waals surface area contributed by atoms with E-state index in [1.54, 1.807) is 14.2 Å². The maximum Gasteiger partial charge on any atom is 0.319 e. The summed E-state index contributed by atoms with van der Waals surface area (Å²) in [7, 11) is 8.64. The zero-order valence-electron chi connectivity index (χ0n) is 16.2. The Morgan fingerprint density at radius 2 is 1.35 bits per heavy atom. The Morgan fingerprint density at radius 1 is 0.885 bits per heavy atom. The number of rotatable bonds is 10. The van der Waals surface area contributed by atoms with Crippen LogP contribution in [0.1, 0.15) is 19.3 Å². The molecule has 0 bridgehead atoms. The molecule has 0 heterocycles. The van der Waals surface area contributed by atoms with Crippen molar-refractivity contribution in [2.24, 2.45) is 5.73 Å². The highest BCUT2D eigenvalue weighted by Crippen LogP contribution is 2.04. The van der Waals surface area contributed by atoms with Crippen molar-refractivity contribution in [3.8, 4) is 0 Å². The van der Waals surface area contributed by atoms with E-state index in [-0.39, 0.29) is 37.2 Å². The second-order valence-corrected chi connectivity index (χ2v) is 4.13. The van der Waals surface area contributed by atoms with Crippen LogP contribution in [0.5, 0.6) is 0 Å². The zero-order valence-corrected chi connectivity index (χ0v) is 17.0. The Bertz CT molecular complexity index is 318. The van der Waals surface area contributed by atoms with Gasteiger partial charge in [-0.25, -0.2) is 0 Å². The van der Waals surface area contributed by atoms with Crippen LogP contribution in [0.4, 0.5) is 0 Å². The van der Waals surface area contributed by atoms with Crippen molar-refractivity contribution >= 4 is 30.6 Å². The van der Waals surface area contributed by atoms with Gasteiger partial charge in [0, 0.05) is 34.9 Å². The minimum absolute atomic E-state index is 0. The number of nitrogens with two attached hydrogens (primary N) is 1. The van der Waals surface area contributed by atoms with Gasteiger partial charge in [-0.2, -0.15) is 0 Å². The summed E-state index contributed by atoms with van der Waals surface area (Å²) in [5.41, 5.74) is 4.81. The summed E-state index contributed by atoms with van der Waals surface area (Å²) in [4.78, 5) is 30.2. The summed E-state index contributed by atoms with van der Waals surface area (Å²) in [6.07, 6.45) is 1.52. The van der Waals surface area contributed by atoms with Crippen LogP contribution >= 0.6 is 12.4 Å². The molecule has 0 aromatic carbocycles. The van der Waals surface area contributed by atoms with Gasteiger partial charge in [-0.15, -0.1) is 12.4 Å². The monoisotopic (exact) mass is 405 g/mol. The number of methoxy groups -OCH3 is 6.